The van der Waals surface area contributed by atoms with Crippen LogP contribution in [0.5, 0.6) is 0 Å². The van der Waals surface area contributed by atoms with E-state index in [1.54, 1.807) is 19.1 Å². The van der Waals surface area contributed by atoms with Gasteiger partial charge in [0, 0.05) is 6.04 Å². The second-order valence-corrected chi connectivity index (χ2v) is 4.14. The molecule has 0 amide bonds. The van der Waals surface area contributed by atoms with Crippen molar-refractivity contribution in [1.82, 2.24) is 5.32 Å². The second-order valence-electron chi connectivity index (χ2n) is 4.14. The number of esters is 1. The smallest absolute Gasteiger partial charge is 0.374 e. The van der Waals surface area contributed by atoms with Crippen LogP contribution in [0.25, 0.3) is 0 Å². The van der Waals surface area contributed by atoms with Crippen molar-refractivity contribution in [2.24, 2.45) is 10.7 Å². The first kappa shape index (κ1) is 18.8. The van der Waals surface area contributed by atoms with Gasteiger partial charge in [0.25, 0.3) is 0 Å². The highest BCUT2D eigenvalue weighted by molar-refractivity contribution is 14.0. The third-order valence-corrected chi connectivity index (χ3v) is 2.55. The Kier molecular flexibility index (Phi) is 9.02. The summed E-state index contributed by atoms with van der Waals surface area (Å²) < 4.78 is 10.1. The Bertz CT molecular complexity index is 446. The molecule has 0 aromatic carbocycles. The van der Waals surface area contributed by atoms with E-state index in [-0.39, 0.29) is 42.3 Å². The number of rotatable bonds is 6. The molecule has 7 heteroatoms. The zero-order valence-corrected chi connectivity index (χ0v) is 14.3. The van der Waals surface area contributed by atoms with Crippen LogP contribution in [0, 0.1) is 0 Å². The highest BCUT2D eigenvalue weighted by Crippen LogP contribution is 2.10. The molecule has 0 aliphatic heterocycles. The van der Waals surface area contributed by atoms with E-state index in [9.17, 15) is 4.79 Å². The van der Waals surface area contributed by atoms with Gasteiger partial charge in [0.1, 0.15) is 12.3 Å². The van der Waals surface area contributed by atoms with Crippen molar-refractivity contribution in [2.45, 2.75) is 39.8 Å². The van der Waals surface area contributed by atoms with Crippen molar-refractivity contribution in [2.75, 3.05) is 6.61 Å². The van der Waals surface area contributed by atoms with Gasteiger partial charge in [-0.25, -0.2) is 9.79 Å². The number of furan rings is 1. The lowest BCUT2D eigenvalue weighted by molar-refractivity contribution is 0.0488. The Morgan fingerprint density at radius 2 is 2.20 bits per heavy atom. The SMILES string of the molecule is CCOC(=O)c1ccc(CN=C(N)NC(C)CC)o1.I. The summed E-state index contributed by atoms with van der Waals surface area (Å²) in [6, 6.07) is 3.53. The normalized spacial score (nSPS) is 12.4. The van der Waals surface area contributed by atoms with Gasteiger partial charge >= 0.3 is 5.97 Å². The molecule has 20 heavy (non-hydrogen) atoms. The number of nitrogens with zero attached hydrogens (tertiary/aromatic N) is 1. The van der Waals surface area contributed by atoms with Gasteiger partial charge in [-0.15, -0.1) is 24.0 Å². The maximum atomic E-state index is 11.4. The van der Waals surface area contributed by atoms with E-state index < -0.39 is 5.97 Å². The molecule has 1 unspecified atom stereocenters. The van der Waals surface area contributed by atoms with Crippen LogP contribution in [0.1, 0.15) is 43.5 Å². The minimum Gasteiger partial charge on any atom is -0.460 e. The Hall–Kier alpha value is -1.25. The van der Waals surface area contributed by atoms with E-state index in [0.717, 1.165) is 6.42 Å². The maximum absolute atomic E-state index is 11.4. The van der Waals surface area contributed by atoms with Gasteiger partial charge in [0.05, 0.1) is 6.61 Å². The van der Waals surface area contributed by atoms with Crippen molar-refractivity contribution >= 4 is 35.9 Å². The Morgan fingerprint density at radius 3 is 2.80 bits per heavy atom. The van der Waals surface area contributed by atoms with Crippen LogP contribution in [0.2, 0.25) is 0 Å². The van der Waals surface area contributed by atoms with Crippen molar-refractivity contribution in [1.29, 1.82) is 0 Å². The van der Waals surface area contributed by atoms with Crippen molar-refractivity contribution in [3.63, 3.8) is 0 Å². The summed E-state index contributed by atoms with van der Waals surface area (Å²) in [7, 11) is 0. The molecule has 114 valence electrons. The van der Waals surface area contributed by atoms with Gasteiger partial charge in [-0.1, -0.05) is 6.92 Å². The van der Waals surface area contributed by atoms with Gasteiger partial charge < -0.3 is 20.2 Å². The predicted molar refractivity (Wildman–Crippen MR) is 88.3 cm³/mol. The van der Waals surface area contributed by atoms with E-state index in [4.69, 9.17) is 14.9 Å². The van der Waals surface area contributed by atoms with Gasteiger partial charge in [-0.3, -0.25) is 0 Å². The third-order valence-electron chi connectivity index (χ3n) is 2.55. The first-order valence-electron chi connectivity index (χ1n) is 6.39. The van der Waals surface area contributed by atoms with Crippen LogP contribution in [-0.4, -0.2) is 24.6 Å². The number of aliphatic imine (C=N–C) groups is 1. The lowest BCUT2D eigenvalue weighted by Gasteiger charge is -2.11. The summed E-state index contributed by atoms with van der Waals surface area (Å²) in [6.07, 6.45) is 0.962. The van der Waals surface area contributed by atoms with E-state index in [1.165, 1.54) is 0 Å². The van der Waals surface area contributed by atoms with Crippen LogP contribution >= 0.6 is 24.0 Å². The fourth-order valence-electron chi connectivity index (χ4n) is 1.34. The number of carbonyl (C=O) groups excluding carboxylic acids is 1. The maximum Gasteiger partial charge on any atom is 0.374 e. The van der Waals surface area contributed by atoms with Crippen LogP contribution in [-0.2, 0) is 11.3 Å². The Balaban J connectivity index is 0.00000361. The van der Waals surface area contributed by atoms with Crippen LogP contribution in [0.4, 0.5) is 0 Å². The molecule has 6 nitrogen and oxygen atoms in total. The molecule has 1 rings (SSSR count). The summed E-state index contributed by atoms with van der Waals surface area (Å²) in [5.41, 5.74) is 5.72. The van der Waals surface area contributed by atoms with E-state index >= 15 is 0 Å². The summed E-state index contributed by atoms with van der Waals surface area (Å²) in [5, 5.41) is 3.04. The van der Waals surface area contributed by atoms with Crippen LogP contribution < -0.4 is 11.1 Å². The first-order valence-corrected chi connectivity index (χ1v) is 6.39. The monoisotopic (exact) mass is 395 g/mol. The topological polar surface area (TPSA) is 89.8 Å². The number of ether oxygens (including phenoxy) is 1. The lowest BCUT2D eigenvalue weighted by atomic mass is 10.3. The summed E-state index contributed by atoms with van der Waals surface area (Å²) >= 11 is 0. The zero-order valence-electron chi connectivity index (χ0n) is 12.0. The summed E-state index contributed by atoms with van der Waals surface area (Å²) in [5.74, 6) is 0.643. The summed E-state index contributed by atoms with van der Waals surface area (Å²) in [6.45, 7) is 6.43. The molecule has 0 saturated carbocycles. The molecule has 3 N–H and O–H groups in total. The number of hydrogen-bond donors (Lipinski definition) is 2. The Morgan fingerprint density at radius 1 is 1.50 bits per heavy atom. The van der Waals surface area contributed by atoms with E-state index in [1.807, 2.05) is 6.92 Å². The van der Waals surface area contributed by atoms with Gasteiger partial charge in [0.2, 0.25) is 5.76 Å². The quantitative estimate of drug-likeness (QED) is 0.334. The highest BCUT2D eigenvalue weighted by atomic mass is 127. The van der Waals surface area contributed by atoms with Gasteiger partial charge in [0.15, 0.2) is 5.96 Å². The number of carbonyl (C=O) groups is 1. The lowest BCUT2D eigenvalue weighted by Crippen LogP contribution is -2.38. The molecule has 0 spiro atoms. The molecule has 0 radical (unpaired) electrons. The highest BCUT2D eigenvalue weighted by Gasteiger charge is 2.11. The molecule has 1 aromatic rings. The van der Waals surface area contributed by atoms with Crippen molar-refractivity contribution in [3.8, 4) is 0 Å². The zero-order chi connectivity index (χ0) is 14.3. The van der Waals surface area contributed by atoms with Crippen LogP contribution in [0.15, 0.2) is 21.5 Å². The molecule has 0 saturated heterocycles. The van der Waals surface area contributed by atoms with Crippen molar-refractivity contribution in [3.05, 3.63) is 23.7 Å². The number of halogens is 1. The van der Waals surface area contributed by atoms with Crippen molar-refractivity contribution < 1.29 is 13.9 Å². The molecule has 0 fully saturated rings. The van der Waals surface area contributed by atoms with Gasteiger partial charge in [-0.2, -0.15) is 0 Å². The fourth-order valence-corrected chi connectivity index (χ4v) is 1.34. The van der Waals surface area contributed by atoms with E-state index in [0.29, 0.717) is 18.3 Å². The molecular formula is C13H22IN3O3. The molecule has 1 atom stereocenters. The number of nitrogens with two attached hydrogens (primary N) is 1. The predicted octanol–water partition coefficient (Wildman–Crippen LogP) is 2.28. The average molecular weight is 395 g/mol. The molecule has 0 aliphatic rings. The number of nitrogens with one attached hydrogen (secondary N) is 1. The fraction of sp³-hybridized carbons (Fsp3) is 0.538. The standard InChI is InChI=1S/C13H21N3O3.HI/c1-4-9(3)16-13(14)15-8-10-6-7-11(19-10)12(17)18-5-2;/h6-7,9H,4-5,8H2,1-3H3,(H3,14,15,16);1H. The second kappa shape index (κ2) is 9.62. The van der Waals surface area contributed by atoms with Gasteiger partial charge in [-0.05, 0) is 32.4 Å². The molecular weight excluding hydrogens is 373 g/mol. The molecule has 0 bridgehead atoms. The molecule has 1 heterocycles. The minimum atomic E-state index is -0.469. The first-order chi connectivity index (χ1) is 9.06. The number of guanidine groups is 1. The average Bonchev–Trinajstić information content (AvgIpc) is 2.85. The largest absolute Gasteiger partial charge is 0.460 e. The van der Waals surface area contributed by atoms with E-state index in [2.05, 4.69) is 17.2 Å². The summed E-state index contributed by atoms with van der Waals surface area (Å²) in [4.78, 5) is 15.5. The van der Waals surface area contributed by atoms with Crippen LogP contribution in [0.3, 0.4) is 0 Å². The minimum absolute atomic E-state index is 0. The molecule has 1 aromatic heterocycles. The molecule has 0 aliphatic carbocycles. The number of hydrogen-bond acceptors (Lipinski definition) is 4. The third kappa shape index (κ3) is 6.27. The Labute approximate surface area is 136 Å².